The van der Waals surface area contributed by atoms with Crippen LogP contribution in [0.4, 0.5) is 0 Å². The van der Waals surface area contributed by atoms with Crippen LogP contribution < -0.4 is 4.74 Å². The second kappa shape index (κ2) is 7.84. The quantitative estimate of drug-likeness (QED) is 0.647. The van der Waals surface area contributed by atoms with Crippen LogP contribution in [0.15, 0.2) is 24.3 Å². The largest absolute Gasteiger partial charge is 0.494 e. The average Bonchev–Trinajstić information content (AvgIpc) is 3.01. The van der Waals surface area contributed by atoms with E-state index in [1.807, 2.05) is 0 Å². The van der Waals surface area contributed by atoms with E-state index in [-0.39, 0.29) is 5.41 Å². The summed E-state index contributed by atoms with van der Waals surface area (Å²) in [4.78, 5) is 2.57. The van der Waals surface area contributed by atoms with E-state index in [9.17, 15) is 0 Å². The molecule has 1 fully saturated rings. The molecule has 0 radical (unpaired) electrons. The van der Waals surface area contributed by atoms with Gasteiger partial charge in [0.25, 0.3) is 0 Å². The Morgan fingerprint density at radius 3 is 2.33 bits per heavy atom. The minimum Gasteiger partial charge on any atom is -0.494 e. The molecule has 2 heteroatoms. The highest BCUT2D eigenvalue weighted by Gasteiger charge is 2.17. The molecule has 0 bridgehead atoms. The van der Waals surface area contributed by atoms with Crippen LogP contribution in [0.1, 0.15) is 58.4 Å². The summed E-state index contributed by atoms with van der Waals surface area (Å²) in [7, 11) is 0. The lowest BCUT2D eigenvalue weighted by Gasteiger charge is -2.23. The van der Waals surface area contributed by atoms with Gasteiger partial charge in [0.1, 0.15) is 5.75 Å². The molecule has 0 unspecified atom stereocenters. The molecular weight excluding hydrogens is 258 g/mol. The summed E-state index contributed by atoms with van der Waals surface area (Å²) >= 11 is 0. The van der Waals surface area contributed by atoms with Crippen molar-refractivity contribution in [3.05, 3.63) is 29.8 Å². The molecule has 1 heterocycles. The first-order valence-electron chi connectivity index (χ1n) is 8.57. The minimum absolute atomic E-state index is 0.258. The zero-order chi connectivity index (χ0) is 15.1. The SMILES string of the molecule is CCC(C)(C)c1ccc(OCCCCN2CCCC2)cc1. The van der Waals surface area contributed by atoms with Gasteiger partial charge < -0.3 is 9.64 Å². The van der Waals surface area contributed by atoms with Crippen molar-refractivity contribution in [3.63, 3.8) is 0 Å². The van der Waals surface area contributed by atoms with E-state index in [1.165, 1.54) is 44.5 Å². The van der Waals surface area contributed by atoms with Crippen LogP contribution in [-0.4, -0.2) is 31.1 Å². The number of benzene rings is 1. The third-order valence-corrected chi connectivity index (χ3v) is 4.86. The molecule has 2 nitrogen and oxygen atoms in total. The lowest BCUT2D eigenvalue weighted by molar-refractivity contribution is 0.279. The fourth-order valence-corrected chi connectivity index (χ4v) is 2.84. The van der Waals surface area contributed by atoms with Crippen molar-refractivity contribution in [2.75, 3.05) is 26.2 Å². The summed E-state index contributed by atoms with van der Waals surface area (Å²) in [6, 6.07) is 8.66. The molecule has 0 saturated carbocycles. The summed E-state index contributed by atoms with van der Waals surface area (Å²) in [5.41, 5.74) is 1.65. The van der Waals surface area contributed by atoms with Crippen LogP contribution >= 0.6 is 0 Å². The standard InChI is InChI=1S/C19H31NO/c1-4-19(2,3)17-9-11-18(12-10-17)21-16-8-7-15-20-13-5-6-14-20/h9-12H,4-8,13-16H2,1-3H3. The summed E-state index contributed by atoms with van der Waals surface area (Å²) in [5, 5.41) is 0. The van der Waals surface area contributed by atoms with Crippen LogP contribution in [0, 0.1) is 0 Å². The molecule has 0 spiro atoms. The van der Waals surface area contributed by atoms with E-state index in [0.29, 0.717) is 0 Å². The van der Waals surface area contributed by atoms with E-state index < -0.39 is 0 Å². The smallest absolute Gasteiger partial charge is 0.119 e. The molecule has 0 aliphatic carbocycles. The Morgan fingerprint density at radius 1 is 1.05 bits per heavy atom. The van der Waals surface area contributed by atoms with Crippen LogP contribution in [0.25, 0.3) is 0 Å². The minimum atomic E-state index is 0.258. The summed E-state index contributed by atoms with van der Waals surface area (Å²) in [5.74, 6) is 1.01. The van der Waals surface area contributed by atoms with Crippen molar-refractivity contribution in [1.82, 2.24) is 4.90 Å². The van der Waals surface area contributed by atoms with Crippen LogP contribution in [0.2, 0.25) is 0 Å². The number of hydrogen-bond donors (Lipinski definition) is 0. The lowest BCUT2D eigenvalue weighted by Crippen LogP contribution is -2.20. The summed E-state index contributed by atoms with van der Waals surface area (Å²) in [6.45, 7) is 11.5. The Balaban J connectivity index is 1.66. The normalized spacial score (nSPS) is 16.3. The van der Waals surface area contributed by atoms with Crippen LogP contribution in [-0.2, 0) is 5.41 Å². The second-order valence-electron chi connectivity index (χ2n) is 6.87. The fourth-order valence-electron chi connectivity index (χ4n) is 2.84. The number of likely N-dealkylation sites (tertiary alicyclic amines) is 1. The molecule has 118 valence electrons. The van der Waals surface area contributed by atoms with Gasteiger partial charge in [-0.2, -0.15) is 0 Å². The third-order valence-electron chi connectivity index (χ3n) is 4.86. The van der Waals surface area contributed by atoms with E-state index in [2.05, 4.69) is 49.9 Å². The summed E-state index contributed by atoms with van der Waals surface area (Å²) < 4.78 is 5.85. The highest BCUT2D eigenvalue weighted by molar-refractivity contribution is 5.31. The third kappa shape index (κ3) is 5.03. The molecule has 0 N–H and O–H groups in total. The number of unbranched alkanes of at least 4 members (excludes halogenated alkanes) is 1. The molecule has 0 atom stereocenters. The Hall–Kier alpha value is -1.02. The molecule has 0 aromatic heterocycles. The van der Waals surface area contributed by atoms with Gasteiger partial charge in [0.05, 0.1) is 6.61 Å². The first kappa shape index (κ1) is 16.4. The fraction of sp³-hybridized carbons (Fsp3) is 0.684. The maximum absolute atomic E-state index is 5.85. The highest BCUT2D eigenvalue weighted by Crippen LogP contribution is 2.28. The van der Waals surface area contributed by atoms with Gasteiger partial charge in [-0.15, -0.1) is 0 Å². The molecule has 1 aromatic rings. The van der Waals surface area contributed by atoms with E-state index >= 15 is 0 Å². The number of rotatable bonds is 8. The van der Waals surface area contributed by atoms with Crippen LogP contribution in [0.5, 0.6) is 5.75 Å². The number of hydrogen-bond acceptors (Lipinski definition) is 2. The molecule has 0 amide bonds. The molecule has 1 aliphatic heterocycles. The van der Waals surface area contributed by atoms with Crippen molar-refractivity contribution in [2.45, 2.75) is 58.3 Å². The second-order valence-corrected chi connectivity index (χ2v) is 6.87. The molecule has 1 aliphatic rings. The van der Waals surface area contributed by atoms with Gasteiger partial charge in [-0.25, -0.2) is 0 Å². The maximum Gasteiger partial charge on any atom is 0.119 e. The average molecular weight is 289 g/mol. The molecule has 2 rings (SSSR count). The molecule has 21 heavy (non-hydrogen) atoms. The van der Waals surface area contributed by atoms with E-state index in [4.69, 9.17) is 4.74 Å². The van der Waals surface area contributed by atoms with Crippen molar-refractivity contribution < 1.29 is 4.74 Å². The highest BCUT2D eigenvalue weighted by atomic mass is 16.5. The zero-order valence-corrected chi connectivity index (χ0v) is 14.0. The zero-order valence-electron chi connectivity index (χ0n) is 14.0. The first-order valence-corrected chi connectivity index (χ1v) is 8.57. The lowest BCUT2D eigenvalue weighted by atomic mass is 9.82. The maximum atomic E-state index is 5.85. The Kier molecular flexibility index (Phi) is 6.10. The number of ether oxygens (including phenoxy) is 1. The van der Waals surface area contributed by atoms with E-state index in [0.717, 1.165) is 25.2 Å². The predicted octanol–water partition coefficient (Wildman–Crippen LogP) is 4.63. The molecule has 1 aromatic carbocycles. The predicted molar refractivity (Wildman–Crippen MR) is 90.2 cm³/mol. The van der Waals surface area contributed by atoms with Crippen molar-refractivity contribution in [3.8, 4) is 5.75 Å². The van der Waals surface area contributed by atoms with Gasteiger partial charge in [0.15, 0.2) is 0 Å². The topological polar surface area (TPSA) is 12.5 Å². The van der Waals surface area contributed by atoms with Crippen molar-refractivity contribution in [1.29, 1.82) is 0 Å². The van der Waals surface area contributed by atoms with Gasteiger partial charge in [-0.3, -0.25) is 0 Å². The van der Waals surface area contributed by atoms with Gasteiger partial charge in [0, 0.05) is 0 Å². The van der Waals surface area contributed by atoms with Crippen molar-refractivity contribution in [2.24, 2.45) is 0 Å². The number of nitrogens with zero attached hydrogens (tertiary/aromatic N) is 1. The summed E-state index contributed by atoms with van der Waals surface area (Å²) in [6.07, 6.45) is 6.33. The van der Waals surface area contributed by atoms with Crippen LogP contribution in [0.3, 0.4) is 0 Å². The Bertz CT molecular complexity index is 404. The van der Waals surface area contributed by atoms with E-state index in [1.54, 1.807) is 0 Å². The van der Waals surface area contributed by atoms with Gasteiger partial charge >= 0.3 is 0 Å². The van der Waals surface area contributed by atoms with Crippen molar-refractivity contribution >= 4 is 0 Å². The molecule has 1 saturated heterocycles. The molecular formula is C19H31NO. The van der Waals surface area contributed by atoms with Gasteiger partial charge in [-0.1, -0.05) is 32.9 Å². The monoisotopic (exact) mass is 289 g/mol. The first-order chi connectivity index (χ1) is 10.1. The Morgan fingerprint density at radius 2 is 1.71 bits per heavy atom. The van der Waals surface area contributed by atoms with Gasteiger partial charge in [-0.05, 0) is 74.8 Å². The Labute approximate surface area is 130 Å². The van der Waals surface area contributed by atoms with Gasteiger partial charge in [0.2, 0.25) is 0 Å².